The molecule has 0 aromatic rings. The van der Waals surface area contributed by atoms with E-state index in [1.807, 2.05) is 0 Å². The molecular formula is C20H41N3. The van der Waals surface area contributed by atoms with Gasteiger partial charge in [0.25, 0.3) is 0 Å². The molecule has 0 aromatic heterocycles. The van der Waals surface area contributed by atoms with Crippen LogP contribution < -0.4 is 0 Å². The summed E-state index contributed by atoms with van der Waals surface area (Å²) in [5.74, 6) is 1.78. The van der Waals surface area contributed by atoms with Crippen molar-refractivity contribution >= 4 is 0 Å². The minimum atomic E-state index is 0.687. The Bertz CT molecular complexity index is 313. The fourth-order valence-corrected chi connectivity index (χ4v) is 4.10. The molecule has 0 atom stereocenters. The van der Waals surface area contributed by atoms with E-state index in [4.69, 9.17) is 0 Å². The van der Waals surface area contributed by atoms with E-state index in [1.54, 1.807) is 0 Å². The summed E-state index contributed by atoms with van der Waals surface area (Å²) in [4.78, 5) is 8.01. The zero-order valence-corrected chi connectivity index (χ0v) is 16.4. The van der Waals surface area contributed by atoms with E-state index < -0.39 is 0 Å². The first-order valence-electron chi connectivity index (χ1n) is 10.1. The van der Waals surface area contributed by atoms with E-state index in [9.17, 15) is 0 Å². The zero-order chi connectivity index (χ0) is 16.8. The van der Waals surface area contributed by atoms with E-state index in [-0.39, 0.29) is 0 Å². The van der Waals surface area contributed by atoms with Gasteiger partial charge in [0.05, 0.1) is 0 Å². The third-order valence-electron chi connectivity index (χ3n) is 6.19. The van der Waals surface area contributed by atoms with E-state index in [0.29, 0.717) is 6.04 Å². The lowest BCUT2D eigenvalue weighted by Gasteiger charge is -2.42. The van der Waals surface area contributed by atoms with Gasteiger partial charge >= 0.3 is 0 Å². The second-order valence-electron chi connectivity index (χ2n) is 8.77. The highest BCUT2D eigenvalue weighted by molar-refractivity contribution is 4.84. The van der Waals surface area contributed by atoms with Gasteiger partial charge in [0.15, 0.2) is 0 Å². The van der Waals surface area contributed by atoms with Gasteiger partial charge in [-0.2, -0.15) is 0 Å². The van der Waals surface area contributed by atoms with Crippen molar-refractivity contribution in [3.63, 3.8) is 0 Å². The van der Waals surface area contributed by atoms with Crippen LogP contribution in [0.3, 0.4) is 0 Å². The molecule has 0 amide bonds. The second-order valence-corrected chi connectivity index (χ2v) is 8.77. The van der Waals surface area contributed by atoms with E-state index in [2.05, 4.69) is 49.4 Å². The Balaban J connectivity index is 1.65. The lowest BCUT2D eigenvalue weighted by atomic mass is 9.84. The van der Waals surface area contributed by atoms with Gasteiger partial charge in [-0.25, -0.2) is 0 Å². The predicted molar refractivity (Wildman–Crippen MR) is 101 cm³/mol. The van der Waals surface area contributed by atoms with Crippen molar-refractivity contribution in [1.82, 2.24) is 14.7 Å². The highest BCUT2D eigenvalue weighted by Gasteiger charge is 2.28. The predicted octanol–water partition coefficient (Wildman–Crippen LogP) is 3.55. The fourth-order valence-electron chi connectivity index (χ4n) is 4.10. The molecule has 136 valence electrons. The van der Waals surface area contributed by atoms with Gasteiger partial charge in [-0.05, 0) is 71.4 Å². The average molecular weight is 324 g/mol. The molecule has 1 aliphatic heterocycles. The number of hydrogen-bond donors (Lipinski definition) is 0. The van der Waals surface area contributed by atoms with Crippen molar-refractivity contribution in [2.45, 2.75) is 71.9 Å². The van der Waals surface area contributed by atoms with Crippen molar-refractivity contribution in [2.24, 2.45) is 11.8 Å². The van der Waals surface area contributed by atoms with Crippen molar-refractivity contribution in [1.29, 1.82) is 0 Å². The molecule has 2 fully saturated rings. The van der Waals surface area contributed by atoms with Gasteiger partial charge in [0.1, 0.15) is 0 Å². The van der Waals surface area contributed by atoms with Crippen LogP contribution in [0.2, 0.25) is 0 Å². The summed E-state index contributed by atoms with van der Waals surface area (Å²) in [6.45, 7) is 17.1. The summed E-state index contributed by atoms with van der Waals surface area (Å²) in [5.41, 5.74) is 0. The largest absolute Gasteiger partial charge is 0.304 e. The SMILES string of the molecule is CC(C)CCN1CCN(C2CCC(CN(C)C(C)C)CC2)CC1. The average Bonchev–Trinajstić information content (AvgIpc) is 2.54. The maximum Gasteiger partial charge on any atom is 0.0113 e. The topological polar surface area (TPSA) is 9.72 Å². The molecule has 0 N–H and O–H groups in total. The molecule has 0 radical (unpaired) electrons. The Morgan fingerprint density at radius 2 is 1.52 bits per heavy atom. The van der Waals surface area contributed by atoms with E-state index >= 15 is 0 Å². The van der Waals surface area contributed by atoms with Crippen LogP contribution in [0.15, 0.2) is 0 Å². The van der Waals surface area contributed by atoms with Crippen molar-refractivity contribution in [3.8, 4) is 0 Å². The first-order chi connectivity index (χ1) is 11.0. The monoisotopic (exact) mass is 323 g/mol. The third kappa shape index (κ3) is 6.36. The third-order valence-corrected chi connectivity index (χ3v) is 6.19. The standard InChI is InChI=1S/C20H41N3/c1-17(2)10-11-22-12-14-23(15-13-22)20-8-6-19(7-9-20)16-21(5)18(3)4/h17-20H,6-16H2,1-5H3. The Morgan fingerprint density at radius 3 is 2.04 bits per heavy atom. The molecule has 0 spiro atoms. The summed E-state index contributed by atoms with van der Waals surface area (Å²) in [7, 11) is 2.28. The fraction of sp³-hybridized carbons (Fsp3) is 1.00. The molecule has 2 aliphatic rings. The highest BCUT2D eigenvalue weighted by atomic mass is 15.3. The van der Waals surface area contributed by atoms with Gasteiger partial charge in [-0.1, -0.05) is 13.8 Å². The first kappa shape index (κ1) is 19.2. The first-order valence-corrected chi connectivity index (χ1v) is 10.1. The molecule has 0 aromatic carbocycles. The molecule has 0 unspecified atom stereocenters. The van der Waals surface area contributed by atoms with Gasteiger partial charge in [-0.15, -0.1) is 0 Å². The minimum Gasteiger partial charge on any atom is -0.304 e. The van der Waals surface area contributed by atoms with Crippen LogP contribution in [0, 0.1) is 11.8 Å². The van der Waals surface area contributed by atoms with Crippen LogP contribution in [0.25, 0.3) is 0 Å². The molecule has 1 saturated carbocycles. The van der Waals surface area contributed by atoms with Crippen LogP contribution >= 0.6 is 0 Å². The van der Waals surface area contributed by atoms with Crippen LogP contribution in [0.4, 0.5) is 0 Å². The molecule has 2 rings (SSSR count). The van der Waals surface area contributed by atoms with E-state index in [0.717, 1.165) is 17.9 Å². The molecule has 1 aliphatic carbocycles. The normalized spacial score (nSPS) is 28.2. The molecule has 3 heteroatoms. The Kier molecular flexibility index (Phi) is 7.84. The maximum absolute atomic E-state index is 2.80. The molecule has 1 heterocycles. The number of nitrogens with zero attached hydrogens (tertiary/aromatic N) is 3. The smallest absolute Gasteiger partial charge is 0.0113 e. The molecule has 1 saturated heterocycles. The van der Waals surface area contributed by atoms with Crippen LogP contribution in [0.5, 0.6) is 0 Å². The Hall–Kier alpha value is -0.120. The summed E-state index contributed by atoms with van der Waals surface area (Å²) in [6, 6.07) is 1.56. The van der Waals surface area contributed by atoms with Gasteiger partial charge in [0.2, 0.25) is 0 Å². The summed E-state index contributed by atoms with van der Waals surface area (Å²) in [5, 5.41) is 0. The van der Waals surface area contributed by atoms with Crippen molar-refractivity contribution in [3.05, 3.63) is 0 Å². The summed E-state index contributed by atoms with van der Waals surface area (Å²) in [6.07, 6.45) is 7.10. The quantitative estimate of drug-likeness (QED) is 0.709. The maximum atomic E-state index is 2.80. The Labute approximate surface area is 145 Å². The van der Waals surface area contributed by atoms with Gasteiger partial charge in [0, 0.05) is 44.8 Å². The highest BCUT2D eigenvalue weighted by Crippen LogP contribution is 2.29. The van der Waals surface area contributed by atoms with Crippen LogP contribution in [0.1, 0.15) is 59.8 Å². The summed E-state index contributed by atoms with van der Waals surface area (Å²) >= 11 is 0. The Morgan fingerprint density at radius 1 is 0.913 bits per heavy atom. The zero-order valence-electron chi connectivity index (χ0n) is 16.4. The van der Waals surface area contributed by atoms with Gasteiger partial charge in [-0.3, -0.25) is 4.90 Å². The molecule has 3 nitrogen and oxygen atoms in total. The number of rotatable bonds is 7. The summed E-state index contributed by atoms with van der Waals surface area (Å²) < 4.78 is 0. The van der Waals surface area contributed by atoms with Crippen molar-refractivity contribution in [2.75, 3.05) is 46.3 Å². The minimum absolute atomic E-state index is 0.687. The second kappa shape index (κ2) is 9.39. The molecule has 0 bridgehead atoms. The molecule has 23 heavy (non-hydrogen) atoms. The lowest BCUT2D eigenvalue weighted by Crippen LogP contribution is -2.51. The molecular weight excluding hydrogens is 282 g/mol. The lowest BCUT2D eigenvalue weighted by molar-refractivity contribution is 0.0635. The van der Waals surface area contributed by atoms with E-state index in [1.165, 1.54) is 71.4 Å². The van der Waals surface area contributed by atoms with Crippen LogP contribution in [-0.4, -0.2) is 73.1 Å². The van der Waals surface area contributed by atoms with Crippen molar-refractivity contribution < 1.29 is 0 Å². The van der Waals surface area contributed by atoms with Crippen LogP contribution in [-0.2, 0) is 0 Å². The number of piperazine rings is 1. The number of hydrogen-bond acceptors (Lipinski definition) is 3. The van der Waals surface area contributed by atoms with Gasteiger partial charge < -0.3 is 9.80 Å².